The zero-order valence-corrected chi connectivity index (χ0v) is 10.7. The lowest BCUT2D eigenvalue weighted by molar-refractivity contribution is 0.101. The number of nitrogens with one attached hydrogen (secondary N) is 2. The van der Waals surface area contributed by atoms with Gasteiger partial charge in [-0.1, -0.05) is 5.16 Å². The van der Waals surface area contributed by atoms with Crippen LogP contribution in [0.1, 0.15) is 26.5 Å². The van der Waals surface area contributed by atoms with Gasteiger partial charge in [0.05, 0.1) is 5.56 Å². The van der Waals surface area contributed by atoms with E-state index in [1.807, 2.05) is 0 Å². The average Bonchev–Trinajstić information content (AvgIpc) is 3.05. The van der Waals surface area contributed by atoms with Crippen molar-refractivity contribution in [1.82, 2.24) is 10.5 Å². The van der Waals surface area contributed by atoms with Crippen LogP contribution in [0.15, 0.2) is 16.9 Å². The van der Waals surface area contributed by atoms with Crippen molar-refractivity contribution < 1.29 is 9.32 Å². The summed E-state index contributed by atoms with van der Waals surface area (Å²) in [6, 6.07) is 3.66. The van der Waals surface area contributed by atoms with Gasteiger partial charge in [0, 0.05) is 17.5 Å². The van der Waals surface area contributed by atoms with E-state index in [-0.39, 0.29) is 11.6 Å². The Morgan fingerprint density at radius 2 is 2.53 bits per heavy atom. The lowest BCUT2D eigenvalue weighted by Gasteiger charge is -2.11. The van der Waals surface area contributed by atoms with Crippen LogP contribution in [0.3, 0.4) is 0 Å². The minimum absolute atomic E-state index is 0.202. The maximum absolute atomic E-state index is 11.9. The molecular formula is C12H10N4O2S. The summed E-state index contributed by atoms with van der Waals surface area (Å²) in [6.45, 7) is 1.60. The Labute approximate surface area is 113 Å². The zero-order valence-electron chi connectivity index (χ0n) is 9.90. The molecule has 2 aromatic rings. The van der Waals surface area contributed by atoms with Gasteiger partial charge in [-0.05, 0) is 18.5 Å². The summed E-state index contributed by atoms with van der Waals surface area (Å²) in [7, 11) is 0. The number of aromatic nitrogens is 1. The van der Waals surface area contributed by atoms with E-state index in [9.17, 15) is 10.1 Å². The van der Waals surface area contributed by atoms with Crippen molar-refractivity contribution in [2.24, 2.45) is 0 Å². The standard InChI is InChI=1S/C12H10N4O2S/c13-5-8-7-1-3-14-6-10(7)19-12(8)15-11(17)9-2-4-18-16-9/h2,4,14H,1,3,6H2,(H,15,17). The third kappa shape index (κ3) is 2.12. The molecule has 0 spiro atoms. The normalized spacial score (nSPS) is 13.6. The molecule has 19 heavy (non-hydrogen) atoms. The predicted molar refractivity (Wildman–Crippen MR) is 68.9 cm³/mol. The van der Waals surface area contributed by atoms with Gasteiger partial charge in [0.25, 0.3) is 5.91 Å². The second-order valence-corrected chi connectivity index (χ2v) is 5.19. The van der Waals surface area contributed by atoms with E-state index in [1.54, 1.807) is 0 Å². The van der Waals surface area contributed by atoms with E-state index in [4.69, 9.17) is 0 Å². The molecule has 1 aliphatic heterocycles. The molecule has 3 rings (SSSR count). The molecule has 2 N–H and O–H groups in total. The van der Waals surface area contributed by atoms with Gasteiger partial charge in [0.1, 0.15) is 17.3 Å². The van der Waals surface area contributed by atoms with Crippen LogP contribution >= 0.6 is 11.3 Å². The number of hydrogen-bond acceptors (Lipinski definition) is 6. The highest BCUT2D eigenvalue weighted by molar-refractivity contribution is 7.16. The Balaban J connectivity index is 1.91. The highest BCUT2D eigenvalue weighted by atomic mass is 32.1. The van der Waals surface area contributed by atoms with Crippen LogP contribution < -0.4 is 10.6 Å². The van der Waals surface area contributed by atoms with Gasteiger partial charge in [-0.25, -0.2) is 0 Å². The molecule has 0 radical (unpaired) electrons. The Morgan fingerprint density at radius 3 is 3.26 bits per heavy atom. The summed E-state index contributed by atoms with van der Waals surface area (Å²) in [5, 5.41) is 19.4. The van der Waals surface area contributed by atoms with Gasteiger partial charge in [0.15, 0.2) is 5.69 Å². The molecule has 0 aliphatic carbocycles. The molecule has 6 nitrogen and oxygen atoms in total. The van der Waals surface area contributed by atoms with Crippen molar-refractivity contribution in [3.63, 3.8) is 0 Å². The largest absolute Gasteiger partial charge is 0.364 e. The Bertz CT molecular complexity index is 654. The zero-order chi connectivity index (χ0) is 13.2. The third-order valence-corrected chi connectivity index (χ3v) is 4.08. The van der Waals surface area contributed by atoms with Crippen molar-refractivity contribution in [2.45, 2.75) is 13.0 Å². The molecule has 2 aromatic heterocycles. The molecule has 0 saturated carbocycles. The minimum atomic E-state index is -0.364. The van der Waals surface area contributed by atoms with Crippen LogP contribution in [-0.2, 0) is 13.0 Å². The second-order valence-electron chi connectivity index (χ2n) is 4.09. The van der Waals surface area contributed by atoms with E-state index < -0.39 is 0 Å². The molecule has 1 aliphatic rings. The van der Waals surface area contributed by atoms with Crippen LogP contribution in [-0.4, -0.2) is 17.6 Å². The molecule has 0 saturated heterocycles. The average molecular weight is 274 g/mol. The van der Waals surface area contributed by atoms with Crippen molar-refractivity contribution in [1.29, 1.82) is 5.26 Å². The summed E-state index contributed by atoms with van der Waals surface area (Å²) < 4.78 is 4.63. The number of nitriles is 1. The quantitative estimate of drug-likeness (QED) is 0.866. The highest BCUT2D eigenvalue weighted by Crippen LogP contribution is 2.34. The van der Waals surface area contributed by atoms with Crippen LogP contribution in [0.4, 0.5) is 5.00 Å². The fourth-order valence-corrected chi connectivity index (χ4v) is 3.20. The van der Waals surface area contributed by atoms with Gasteiger partial charge >= 0.3 is 0 Å². The molecule has 96 valence electrons. The van der Waals surface area contributed by atoms with E-state index >= 15 is 0 Å². The maximum atomic E-state index is 11.9. The number of hydrogen-bond donors (Lipinski definition) is 2. The molecule has 0 unspecified atom stereocenters. The fourth-order valence-electron chi connectivity index (χ4n) is 2.04. The summed E-state index contributed by atoms with van der Waals surface area (Å²) in [5.74, 6) is -0.364. The molecule has 0 atom stereocenters. The second kappa shape index (κ2) is 4.84. The summed E-state index contributed by atoms with van der Waals surface area (Å²) >= 11 is 1.44. The van der Waals surface area contributed by atoms with Crippen molar-refractivity contribution >= 4 is 22.2 Å². The van der Waals surface area contributed by atoms with Gasteiger partial charge in [-0.2, -0.15) is 5.26 Å². The van der Waals surface area contributed by atoms with Gasteiger partial charge < -0.3 is 15.2 Å². The fraction of sp³-hybridized carbons (Fsp3) is 0.250. The van der Waals surface area contributed by atoms with E-state index in [1.165, 1.54) is 23.7 Å². The predicted octanol–water partition coefficient (Wildman–Crippen LogP) is 1.51. The lowest BCUT2D eigenvalue weighted by Crippen LogP contribution is -2.22. The molecule has 1 amide bonds. The monoisotopic (exact) mass is 274 g/mol. The summed E-state index contributed by atoms with van der Waals surface area (Å²) in [4.78, 5) is 13.0. The molecular weight excluding hydrogens is 264 g/mol. The number of carbonyl (C=O) groups is 1. The number of rotatable bonds is 2. The van der Waals surface area contributed by atoms with Gasteiger partial charge in [0.2, 0.25) is 0 Å². The first kappa shape index (κ1) is 11.9. The number of carbonyl (C=O) groups excluding carboxylic acids is 1. The third-order valence-electron chi connectivity index (χ3n) is 2.94. The number of anilines is 1. The van der Waals surface area contributed by atoms with Crippen LogP contribution in [0.2, 0.25) is 0 Å². The Hall–Kier alpha value is -2.17. The SMILES string of the molecule is N#Cc1c(NC(=O)c2ccon2)sc2c1CCNC2. The first-order valence-electron chi connectivity index (χ1n) is 5.76. The van der Waals surface area contributed by atoms with E-state index in [0.29, 0.717) is 10.6 Å². The lowest BCUT2D eigenvalue weighted by atomic mass is 10.1. The number of fused-ring (bicyclic) bond motifs is 1. The Morgan fingerprint density at radius 1 is 1.63 bits per heavy atom. The van der Waals surface area contributed by atoms with Crippen LogP contribution in [0, 0.1) is 11.3 Å². The van der Waals surface area contributed by atoms with Crippen molar-refractivity contribution in [3.8, 4) is 6.07 Å². The number of nitrogens with zero attached hydrogens (tertiary/aromatic N) is 2. The number of thiophene rings is 1. The van der Waals surface area contributed by atoms with Crippen LogP contribution in [0.25, 0.3) is 0 Å². The molecule has 0 fully saturated rings. The number of amides is 1. The van der Waals surface area contributed by atoms with Gasteiger partial charge in [-0.3, -0.25) is 4.79 Å². The minimum Gasteiger partial charge on any atom is -0.364 e. The van der Waals surface area contributed by atoms with Gasteiger partial charge in [-0.15, -0.1) is 11.3 Å². The molecule has 0 bridgehead atoms. The first-order chi connectivity index (χ1) is 9.29. The van der Waals surface area contributed by atoms with Crippen LogP contribution in [0.5, 0.6) is 0 Å². The smallest absolute Gasteiger partial charge is 0.278 e. The highest BCUT2D eigenvalue weighted by Gasteiger charge is 2.22. The summed E-state index contributed by atoms with van der Waals surface area (Å²) in [5.41, 5.74) is 1.81. The van der Waals surface area contributed by atoms with Crippen molar-refractivity contribution in [2.75, 3.05) is 11.9 Å². The molecule has 0 aromatic carbocycles. The first-order valence-corrected chi connectivity index (χ1v) is 6.58. The maximum Gasteiger partial charge on any atom is 0.278 e. The summed E-state index contributed by atoms with van der Waals surface area (Å²) in [6.07, 6.45) is 2.15. The van der Waals surface area contributed by atoms with Crippen molar-refractivity contribution in [3.05, 3.63) is 34.0 Å². The molecule has 7 heteroatoms. The molecule has 3 heterocycles. The van der Waals surface area contributed by atoms with E-state index in [2.05, 4.69) is 26.4 Å². The Kier molecular flexibility index (Phi) is 3.03. The van der Waals surface area contributed by atoms with E-state index in [0.717, 1.165) is 30.0 Å². The topological polar surface area (TPSA) is 91.0 Å².